The van der Waals surface area contributed by atoms with Crippen LogP contribution < -0.4 is 21.6 Å². The molecule has 1 aromatic carbocycles. The van der Waals surface area contributed by atoms with E-state index in [9.17, 15) is 32.3 Å². The first-order chi connectivity index (χ1) is 28.6. The van der Waals surface area contributed by atoms with Crippen LogP contribution in [0.5, 0.6) is 0 Å². The molecule has 0 bridgehead atoms. The molecule has 3 N–H and O–H groups in total. The Morgan fingerprint density at radius 3 is 2.53 bits per heavy atom. The van der Waals surface area contributed by atoms with E-state index in [2.05, 4.69) is 44.9 Å². The molecular weight excluding hydrogens is 788 g/mol. The molecular formula is C41H50F3N9O7. The van der Waals surface area contributed by atoms with Crippen molar-refractivity contribution in [1.82, 2.24) is 34.2 Å². The number of hydrogen-bond acceptors (Lipinski definition) is 11. The standard InChI is InChI=1S/C41H50F3N9O7/c1-40(2,25-59-19-9-11-26-10-8-13-31-35(26)52(4)39(57)53(31)32-14-15-34(54)49-37(32)56)24-58-18-7-5-6-12-28-29(21-51(3)50-28)47-36(55)30-22-60-38(48-30)27-16-17-45-33(20-27)46-23-41(42,43)44/h8,10,13,16-17,20-22,32H,5-7,9,11-12,14-15,18-19,23-25H2,1-4H3,(H,45,46)(H,47,55)(H,49,54,56). The Hall–Kier alpha value is -5.82. The van der Waals surface area contributed by atoms with Crippen LogP contribution in [0.2, 0.25) is 0 Å². The van der Waals surface area contributed by atoms with Crippen LogP contribution in [0.4, 0.5) is 24.7 Å². The van der Waals surface area contributed by atoms with Crippen LogP contribution in [-0.2, 0) is 46.0 Å². The first-order valence-electron chi connectivity index (χ1n) is 19.8. The number of halogens is 3. The van der Waals surface area contributed by atoms with Gasteiger partial charge in [-0.25, -0.2) is 14.8 Å². The molecule has 0 aliphatic carbocycles. The normalized spacial score (nSPS) is 14.8. The molecule has 6 rings (SSSR count). The summed E-state index contributed by atoms with van der Waals surface area (Å²) in [5.74, 6) is -1.25. The number of para-hydroxylation sites is 1. The number of amides is 3. The summed E-state index contributed by atoms with van der Waals surface area (Å²) in [6.07, 6.45) is 4.86. The number of carbonyl (C=O) groups excluding carboxylic acids is 3. The van der Waals surface area contributed by atoms with Crippen molar-refractivity contribution in [3.63, 3.8) is 0 Å². The number of piperidine rings is 1. The number of alkyl halides is 3. The lowest BCUT2D eigenvalue weighted by molar-refractivity contribution is -0.135. The lowest BCUT2D eigenvalue weighted by atomic mass is 9.96. The summed E-state index contributed by atoms with van der Waals surface area (Å²) in [6.45, 7) is 5.09. The number of hydrogen-bond donors (Lipinski definition) is 3. The lowest BCUT2D eigenvalue weighted by Crippen LogP contribution is -2.44. The van der Waals surface area contributed by atoms with Crippen molar-refractivity contribution >= 4 is 40.3 Å². The summed E-state index contributed by atoms with van der Waals surface area (Å²) in [7, 11) is 3.46. The molecule has 0 spiro atoms. The van der Waals surface area contributed by atoms with Crippen molar-refractivity contribution in [3.8, 4) is 11.5 Å². The zero-order chi connectivity index (χ0) is 43.0. The summed E-state index contributed by atoms with van der Waals surface area (Å²) < 4.78 is 60.0. The topological polar surface area (TPSA) is 189 Å². The number of pyridine rings is 1. The number of nitrogens with one attached hydrogen (secondary N) is 3. The van der Waals surface area contributed by atoms with E-state index in [4.69, 9.17) is 13.9 Å². The molecule has 4 aromatic heterocycles. The average molecular weight is 838 g/mol. The van der Waals surface area contributed by atoms with E-state index < -0.39 is 30.6 Å². The molecule has 5 aromatic rings. The number of ether oxygens (including phenoxy) is 2. The predicted octanol–water partition coefficient (Wildman–Crippen LogP) is 5.73. The van der Waals surface area contributed by atoms with Crippen molar-refractivity contribution < 1.29 is 41.4 Å². The maximum atomic E-state index is 13.2. The highest BCUT2D eigenvalue weighted by Crippen LogP contribution is 2.27. The third kappa shape index (κ3) is 11.3. The fourth-order valence-electron chi connectivity index (χ4n) is 7.10. The number of carbonyl (C=O) groups is 3. The van der Waals surface area contributed by atoms with Gasteiger partial charge in [-0.15, -0.1) is 0 Å². The van der Waals surface area contributed by atoms with Gasteiger partial charge in [0.05, 0.1) is 35.6 Å². The maximum absolute atomic E-state index is 13.2. The number of unbranched alkanes of at least 4 members (excludes halogenated alkanes) is 2. The lowest BCUT2D eigenvalue weighted by Gasteiger charge is -2.24. The molecule has 5 heterocycles. The number of benzene rings is 1. The molecule has 1 saturated heterocycles. The number of aryl methyl sites for hydroxylation is 4. The third-order valence-corrected chi connectivity index (χ3v) is 10.00. The Morgan fingerprint density at radius 1 is 1.02 bits per heavy atom. The van der Waals surface area contributed by atoms with Crippen molar-refractivity contribution in [1.29, 1.82) is 0 Å². The number of aromatic nitrogens is 6. The van der Waals surface area contributed by atoms with Gasteiger partial charge in [0.1, 0.15) is 24.7 Å². The van der Waals surface area contributed by atoms with Crippen LogP contribution >= 0.6 is 0 Å². The van der Waals surface area contributed by atoms with Crippen LogP contribution in [0.1, 0.15) is 80.2 Å². The molecule has 0 radical (unpaired) electrons. The minimum atomic E-state index is -4.41. The van der Waals surface area contributed by atoms with E-state index >= 15 is 0 Å². The SMILES string of the molecule is Cn1cc(NC(=O)c2coc(-c3ccnc(NCC(F)(F)F)c3)n2)c(CCCCCOCC(C)(C)COCCCc2cccc3c2n(C)c(=O)n3C2CCC(=O)NC2=O)n1. The quantitative estimate of drug-likeness (QED) is 0.0641. The highest BCUT2D eigenvalue weighted by molar-refractivity contribution is 6.03. The Bertz CT molecular complexity index is 2360. The van der Waals surface area contributed by atoms with Gasteiger partial charge in [-0.1, -0.05) is 32.4 Å². The Balaban J connectivity index is 0.881. The number of fused-ring (bicyclic) bond motifs is 1. The maximum Gasteiger partial charge on any atom is 0.405 e. The van der Waals surface area contributed by atoms with E-state index in [0.717, 1.165) is 42.5 Å². The van der Waals surface area contributed by atoms with Gasteiger partial charge in [-0.3, -0.25) is 33.5 Å². The fourth-order valence-corrected chi connectivity index (χ4v) is 7.10. The van der Waals surface area contributed by atoms with Gasteiger partial charge in [0.25, 0.3) is 5.91 Å². The zero-order valence-corrected chi connectivity index (χ0v) is 34.1. The molecule has 1 aliphatic heterocycles. The summed E-state index contributed by atoms with van der Waals surface area (Å²) in [4.78, 5) is 58.6. The van der Waals surface area contributed by atoms with Crippen LogP contribution in [-0.4, -0.2) is 85.8 Å². The van der Waals surface area contributed by atoms with E-state index in [-0.39, 0.29) is 47.3 Å². The van der Waals surface area contributed by atoms with Gasteiger partial charge in [0, 0.05) is 57.1 Å². The van der Waals surface area contributed by atoms with Gasteiger partial charge in [-0.2, -0.15) is 18.3 Å². The molecule has 19 heteroatoms. The molecule has 60 heavy (non-hydrogen) atoms. The Morgan fingerprint density at radius 2 is 1.78 bits per heavy atom. The van der Waals surface area contributed by atoms with E-state index in [0.29, 0.717) is 56.0 Å². The summed E-state index contributed by atoms with van der Waals surface area (Å²) in [5, 5.41) is 11.9. The number of oxazole rings is 1. The Kier molecular flexibility index (Phi) is 13.9. The van der Waals surface area contributed by atoms with E-state index in [1.165, 1.54) is 29.2 Å². The number of nitrogens with zero attached hydrogens (tertiary/aromatic N) is 6. The second-order valence-corrected chi connectivity index (χ2v) is 15.7. The molecule has 1 atom stereocenters. The number of imide groups is 1. The first-order valence-corrected chi connectivity index (χ1v) is 19.8. The second-order valence-electron chi connectivity index (χ2n) is 15.7. The summed E-state index contributed by atoms with van der Waals surface area (Å²) in [5.41, 5.74) is 3.55. The Labute approximate surface area is 343 Å². The van der Waals surface area contributed by atoms with E-state index in [1.807, 2.05) is 18.2 Å². The van der Waals surface area contributed by atoms with Gasteiger partial charge >= 0.3 is 11.9 Å². The van der Waals surface area contributed by atoms with E-state index in [1.54, 1.807) is 29.5 Å². The van der Waals surface area contributed by atoms with Crippen LogP contribution in [0.3, 0.4) is 0 Å². The monoisotopic (exact) mass is 837 g/mol. The first kappa shape index (κ1) is 43.8. The largest absolute Gasteiger partial charge is 0.444 e. The van der Waals surface area contributed by atoms with Crippen molar-refractivity contribution in [2.75, 3.05) is 43.6 Å². The number of rotatable bonds is 20. The number of imidazole rings is 1. The summed E-state index contributed by atoms with van der Waals surface area (Å²) >= 11 is 0. The molecule has 322 valence electrons. The molecule has 3 amide bonds. The smallest absolute Gasteiger partial charge is 0.405 e. The summed E-state index contributed by atoms with van der Waals surface area (Å²) in [6, 6.07) is 7.84. The highest BCUT2D eigenvalue weighted by Gasteiger charge is 2.32. The molecule has 1 unspecified atom stereocenters. The zero-order valence-electron chi connectivity index (χ0n) is 34.1. The second kappa shape index (κ2) is 19.1. The van der Waals surface area contributed by atoms with Gasteiger partial charge < -0.3 is 24.5 Å². The van der Waals surface area contributed by atoms with Crippen LogP contribution in [0.25, 0.3) is 22.5 Å². The molecule has 0 saturated carbocycles. The molecule has 16 nitrogen and oxygen atoms in total. The third-order valence-electron chi connectivity index (χ3n) is 10.00. The minimum Gasteiger partial charge on any atom is -0.444 e. The average Bonchev–Trinajstić information content (AvgIpc) is 3.90. The van der Waals surface area contributed by atoms with Gasteiger partial charge in [-0.05, 0) is 62.3 Å². The van der Waals surface area contributed by atoms with Gasteiger partial charge in [0.2, 0.25) is 17.7 Å². The van der Waals surface area contributed by atoms with Crippen molar-refractivity contribution in [2.24, 2.45) is 19.5 Å². The van der Waals surface area contributed by atoms with Crippen molar-refractivity contribution in [3.05, 3.63) is 76.4 Å². The number of anilines is 2. The van der Waals surface area contributed by atoms with Gasteiger partial charge in [0.15, 0.2) is 5.69 Å². The minimum absolute atomic E-state index is 0.00433. The van der Waals surface area contributed by atoms with Crippen molar-refractivity contribution in [2.45, 2.75) is 77.4 Å². The molecule has 1 aliphatic rings. The van der Waals surface area contributed by atoms with Crippen LogP contribution in [0.15, 0.2) is 58.2 Å². The highest BCUT2D eigenvalue weighted by atomic mass is 19.4. The predicted molar refractivity (Wildman–Crippen MR) is 215 cm³/mol. The molecule has 1 fully saturated rings. The van der Waals surface area contributed by atoms with Crippen LogP contribution in [0, 0.1) is 5.41 Å². The fraction of sp³-hybridized carbons (Fsp3) is 0.488.